The number of carbonyl (C=O) groups excluding carboxylic acids is 3. The molecule has 0 heterocycles. The van der Waals surface area contributed by atoms with E-state index in [1.807, 2.05) is 36.4 Å². The second-order valence-corrected chi connectivity index (χ2v) is 6.13. The summed E-state index contributed by atoms with van der Waals surface area (Å²) in [7, 11) is 2.45. The zero-order valence-corrected chi connectivity index (χ0v) is 15.9. The van der Waals surface area contributed by atoms with Crippen LogP contribution in [0, 0.1) is 0 Å². The Bertz CT molecular complexity index is 1040. The van der Waals surface area contributed by atoms with Gasteiger partial charge in [0, 0.05) is 5.69 Å². The summed E-state index contributed by atoms with van der Waals surface area (Å²) in [6, 6.07) is 17.5. The number of methoxy groups -OCH3 is 2. The van der Waals surface area contributed by atoms with Gasteiger partial charge in [-0.25, -0.2) is 9.59 Å². The van der Waals surface area contributed by atoms with Crippen LogP contribution < -0.4 is 10.1 Å². The van der Waals surface area contributed by atoms with E-state index in [4.69, 9.17) is 4.74 Å². The first-order valence-electron chi connectivity index (χ1n) is 8.73. The summed E-state index contributed by atoms with van der Waals surface area (Å²) < 4.78 is 14.8. The van der Waals surface area contributed by atoms with Crippen LogP contribution in [0.25, 0.3) is 10.8 Å². The summed E-state index contributed by atoms with van der Waals surface area (Å²) in [5.74, 6) is -1.49. The Morgan fingerprint density at radius 2 is 1.41 bits per heavy atom. The standard InChI is InChI=1S/C22H19NO6/c1-27-21(25)16-9-17(22(26)28-2)12-19(11-16)29-13-20(24)23-18-8-7-14-5-3-4-6-15(14)10-18/h3-12H,13H2,1-2H3,(H,23,24). The number of hydrogen-bond acceptors (Lipinski definition) is 6. The number of fused-ring (bicyclic) bond motifs is 1. The van der Waals surface area contributed by atoms with Gasteiger partial charge in [-0.15, -0.1) is 0 Å². The lowest BCUT2D eigenvalue weighted by atomic mass is 10.1. The summed E-state index contributed by atoms with van der Waals surface area (Å²) >= 11 is 0. The van der Waals surface area contributed by atoms with Gasteiger partial charge in [-0.3, -0.25) is 4.79 Å². The lowest BCUT2D eigenvalue weighted by Crippen LogP contribution is -2.20. The first kappa shape index (κ1) is 19.9. The number of esters is 2. The van der Waals surface area contributed by atoms with Crippen molar-refractivity contribution in [3.05, 3.63) is 71.8 Å². The molecule has 1 amide bonds. The molecule has 7 heteroatoms. The van der Waals surface area contributed by atoms with Gasteiger partial charge in [0.15, 0.2) is 6.61 Å². The maximum absolute atomic E-state index is 12.3. The minimum Gasteiger partial charge on any atom is -0.484 e. The Morgan fingerprint density at radius 3 is 2.03 bits per heavy atom. The number of carbonyl (C=O) groups is 3. The maximum Gasteiger partial charge on any atom is 0.338 e. The van der Waals surface area contributed by atoms with Crippen LogP contribution in [0.3, 0.4) is 0 Å². The molecule has 0 aromatic heterocycles. The van der Waals surface area contributed by atoms with Crippen molar-refractivity contribution in [2.24, 2.45) is 0 Å². The summed E-state index contributed by atoms with van der Waals surface area (Å²) in [4.78, 5) is 35.9. The quantitative estimate of drug-likeness (QED) is 0.645. The van der Waals surface area contributed by atoms with E-state index in [9.17, 15) is 14.4 Å². The lowest BCUT2D eigenvalue weighted by Gasteiger charge is -2.11. The minimum absolute atomic E-state index is 0.111. The van der Waals surface area contributed by atoms with Crippen molar-refractivity contribution in [2.45, 2.75) is 0 Å². The molecule has 3 rings (SSSR count). The van der Waals surface area contributed by atoms with E-state index >= 15 is 0 Å². The van der Waals surface area contributed by atoms with Crippen molar-refractivity contribution >= 4 is 34.3 Å². The molecule has 0 saturated heterocycles. The van der Waals surface area contributed by atoms with Crippen molar-refractivity contribution < 1.29 is 28.6 Å². The number of anilines is 1. The number of amides is 1. The molecule has 0 aliphatic carbocycles. The topological polar surface area (TPSA) is 90.9 Å². The van der Waals surface area contributed by atoms with Gasteiger partial charge in [0.25, 0.3) is 5.91 Å². The number of benzene rings is 3. The molecule has 1 N–H and O–H groups in total. The highest BCUT2D eigenvalue weighted by Crippen LogP contribution is 2.20. The van der Waals surface area contributed by atoms with Crippen LogP contribution in [0.5, 0.6) is 5.75 Å². The molecule has 0 aliphatic rings. The molecule has 3 aromatic carbocycles. The molecule has 148 valence electrons. The van der Waals surface area contributed by atoms with Gasteiger partial charge in [0.1, 0.15) is 5.75 Å². The van der Waals surface area contributed by atoms with E-state index in [0.717, 1.165) is 10.8 Å². The van der Waals surface area contributed by atoms with E-state index in [0.29, 0.717) is 5.69 Å². The highest BCUT2D eigenvalue weighted by molar-refractivity contribution is 5.97. The van der Waals surface area contributed by atoms with Crippen molar-refractivity contribution in [2.75, 3.05) is 26.1 Å². The van der Waals surface area contributed by atoms with E-state index in [2.05, 4.69) is 14.8 Å². The molecule has 0 atom stereocenters. The first-order chi connectivity index (χ1) is 14.0. The average molecular weight is 393 g/mol. The number of ether oxygens (including phenoxy) is 3. The third-order valence-corrected chi connectivity index (χ3v) is 4.15. The molecule has 0 radical (unpaired) electrons. The minimum atomic E-state index is -0.638. The van der Waals surface area contributed by atoms with Crippen LogP contribution in [-0.2, 0) is 14.3 Å². The monoisotopic (exact) mass is 393 g/mol. The van der Waals surface area contributed by atoms with Crippen molar-refractivity contribution in [1.82, 2.24) is 0 Å². The normalized spacial score (nSPS) is 10.3. The SMILES string of the molecule is COC(=O)c1cc(OCC(=O)Nc2ccc3ccccc3c2)cc(C(=O)OC)c1. The van der Waals surface area contributed by atoms with E-state index in [-0.39, 0.29) is 29.4 Å². The lowest BCUT2D eigenvalue weighted by molar-refractivity contribution is -0.118. The Balaban J connectivity index is 1.71. The van der Waals surface area contributed by atoms with Crippen LogP contribution in [0.4, 0.5) is 5.69 Å². The van der Waals surface area contributed by atoms with Gasteiger partial charge < -0.3 is 19.5 Å². The molecule has 7 nitrogen and oxygen atoms in total. The van der Waals surface area contributed by atoms with Crippen LogP contribution in [0.2, 0.25) is 0 Å². The Morgan fingerprint density at radius 1 is 0.793 bits per heavy atom. The summed E-state index contributed by atoms with van der Waals surface area (Å²) in [6.07, 6.45) is 0. The third-order valence-electron chi connectivity index (χ3n) is 4.15. The van der Waals surface area contributed by atoms with Crippen LogP contribution in [-0.4, -0.2) is 38.7 Å². The van der Waals surface area contributed by atoms with Gasteiger partial charge in [0.2, 0.25) is 0 Å². The molecule has 0 unspecified atom stereocenters. The van der Waals surface area contributed by atoms with Crippen LogP contribution in [0.15, 0.2) is 60.7 Å². The Labute approximate surface area is 167 Å². The van der Waals surface area contributed by atoms with Crippen molar-refractivity contribution in [3.63, 3.8) is 0 Å². The van der Waals surface area contributed by atoms with E-state index in [1.165, 1.54) is 32.4 Å². The molecule has 3 aromatic rings. The zero-order chi connectivity index (χ0) is 20.8. The number of rotatable bonds is 6. The second-order valence-electron chi connectivity index (χ2n) is 6.13. The van der Waals surface area contributed by atoms with Crippen LogP contribution in [0.1, 0.15) is 20.7 Å². The molecule has 0 spiro atoms. The van der Waals surface area contributed by atoms with Gasteiger partial charge in [0.05, 0.1) is 25.3 Å². The van der Waals surface area contributed by atoms with Crippen molar-refractivity contribution in [1.29, 1.82) is 0 Å². The molecular weight excluding hydrogens is 374 g/mol. The fraction of sp³-hybridized carbons (Fsp3) is 0.136. The highest BCUT2D eigenvalue weighted by Gasteiger charge is 2.15. The summed E-state index contributed by atoms with van der Waals surface area (Å²) in [6.45, 7) is -0.307. The zero-order valence-electron chi connectivity index (χ0n) is 15.9. The third kappa shape index (κ3) is 4.90. The Hall–Kier alpha value is -3.87. The largest absolute Gasteiger partial charge is 0.484 e. The molecule has 0 saturated carbocycles. The predicted octanol–water partition coefficient (Wildman–Crippen LogP) is 3.43. The fourth-order valence-corrected chi connectivity index (χ4v) is 2.77. The average Bonchev–Trinajstić information content (AvgIpc) is 2.76. The fourth-order valence-electron chi connectivity index (χ4n) is 2.77. The molecule has 0 fully saturated rings. The maximum atomic E-state index is 12.3. The summed E-state index contributed by atoms with van der Waals surface area (Å²) in [5, 5.41) is 4.82. The van der Waals surface area contributed by atoms with E-state index < -0.39 is 11.9 Å². The molecule has 0 bridgehead atoms. The van der Waals surface area contributed by atoms with Gasteiger partial charge >= 0.3 is 11.9 Å². The molecule has 29 heavy (non-hydrogen) atoms. The van der Waals surface area contributed by atoms with E-state index in [1.54, 1.807) is 6.07 Å². The smallest absolute Gasteiger partial charge is 0.338 e. The Kier molecular flexibility index (Phi) is 6.09. The number of nitrogens with one attached hydrogen (secondary N) is 1. The molecule has 0 aliphatic heterocycles. The van der Waals surface area contributed by atoms with Gasteiger partial charge in [-0.2, -0.15) is 0 Å². The van der Waals surface area contributed by atoms with Gasteiger partial charge in [-0.1, -0.05) is 30.3 Å². The first-order valence-corrected chi connectivity index (χ1v) is 8.73. The van der Waals surface area contributed by atoms with Crippen LogP contribution >= 0.6 is 0 Å². The number of hydrogen-bond donors (Lipinski definition) is 1. The molecular formula is C22H19NO6. The van der Waals surface area contributed by atoms with Gasteiger partial charge in [-0.05, 0) is 41.1 Å². The van der Waals surface area contributed by atoms with Crippen molar-refractivity contribution in [3.8, 4) is 5.75 Å². The summed E-state index contributed by atoms with van der Waals surface area (Å²) in [5.41, 5.74) is 0.858. The predicted molar refractivity (Wildman–Crippen MR) is 107 cm³/mol. The highest BCUT2D eigenvalue weighted by atomic mass is 16.5. The second kappa shape index (κ2) is 8.88.